The SMILES string of the molecule is C/C=C(\C)c1nc(Nc2ccc3[nH]ncc3c2)c2cc(OCC(N)=O)ccc2n1. The van der Waals surface area contributed by atoms with Gasteiger partial charge in [-0.15, -0.1) is 0 Å². The molecular formula is C21H20N6O2. The molecule has 0 unspecified atom stereocenters. The summed E-state index contributed by atoms with van der Waals surface area (Å²) >= 11 is 0. The van der Waals surface area contributed by atoms with Crippen molar-refractivity contribution >= 4 is 44.8 Å². The van der Waals surface area contributed by atoms with Gasteiger partial charge < -0.3 is 15.8 Å². The third-order valence-corrected chi connectivity index (χ3v) is 4.54. The van der Waals surface area contributed by atoms with Crippen LogP contribution in [0.1, 0.15) is 19.7 Å². The standard InChI is InChI=1S/C21H20N6O2/c1-3-12(2)20-25-18-7-5-15(29-11-19(22)28)9-16(18)21(26-20)24-14-4-6-17-13(8-14)10-23-27-17/h3-10H,11H2,1-2H3,(H2,22,28)(H,23,27)(H,24,25,26)/b12-3+. The molecule has 8 heteroatoms. The van der Waals surface area contributed by atoms with E-state index in [2.05, 4.69) is 20.5 Å². The summed E-state index contributed by atoms with van der Waals surface area (Å²) in [5.74, 6) is 1.26. The summed E-state index contributed by atoms with van der Waals surface area (Å²) in [5.41, 5.74) is 8.72. The van der Waals surface area contributed by atoms with Crippen molar-refractivity contribution in [3.8, 4) is 5.75 Å². The Kier molecular flexibility index (Phi) is 4.82. The lowest BCUT2D eigenvalue weighted by atomic mass is 10.2. The van der Waals surface area contributed by atoms with Gasteiger partial charge in [0.25, 0.3) is 5.91 Å². The van der Waals surface area contributed by atoms with E-state index in [9.17, 15) is 4.79 Å². The van der Waals surface area contributed by atoms with Crippen LogP contribution in [0.3, 0.4) is 0 Å². The number of hydrogen-bond donors (Lipinski definition) is 3. The van der Waals surface area contributed by atoms with Gasteiger partial charge in [-0.25, -0.2) is 9.97 Å². The molecule has 0 saturated heterocycles. The molecule has 2 aromatic carbocycles. The van der Waals surface area contributed by atoms with E-state index >= 15 is 0 Å². The molecule has 0 atom stereocenters. The minimum Gasteiger partial charge on any atom is -0.484 e. The minimum absolute atomic E-state index is 0.192. The Hall–Kier alpha value is -3.94. The van der Waals surface area contributed by atoms with E-state index in [1.807, 2.05) is 44.2 Å². The van der Waals surface area contributed by atoms with E-state index in [1.165, 1.54) is 0 Å². The van der Waals surface area contributed by atoms with Crippen LogP contribution in [0.15, 0.2) is 48.7 Å². The van der Waals surface area contributed by atoms with Crippen molar-refractivity contribution in [2.45, 2.75) is 13.8 Å². The Morgan fingerprint density at radius 1 is 1.24 bits per heavy atom. The number of primary amides is 1. The van der Waals surface area contributed by atoms with Crippen LogP contribution in [0.25, 0.3) is 27.4 Å². The minimum atomic E-state index is -0.535. The van der Waals surface area contributed by atoms with Crippen molar-refractivity contribution in [2.75, 3.05) is 11.9 Å². The predicted octanol–water partition coefficient (Wildman–Crippen LogP) is 3.54. The number of anilines is 2. The number of rotatable bonds is 6. The quantitative estimate of drug-likeness (QED) is 0.465. The van der Waals surface area contributed by atoms with Crippen LogP contribution in [0, 0.1) is 0 Å². The maximum atomic E-state index is 11.0. The maximum Gasteiger partial charge on any atom is 0.255 e. The Balaban J connectivity index is 1.80. The molecule has 2 aromatic heterocycles. The molecule has 4 aromatic rings. The monoisotopic (exact) mass is 388 g/mol. The van der Waals surface area contributed by atoms with Gasteiger partial charge in [0.15, 0.2) is 12.4 Å². The smallest absolute Gasteiger partial charge is 0.255 e. The zero-order valence-corrected chi connectivity index (χ0v) is 16.1. The largest absolute Gasteiger partial charge is 0.484 e. The van der Waals surface area contributed by atoms with Gasteiger partial charge in [-0.1, -0.05) is 6.08 Å². The lowest BCUT2D eigenvalue weighted by Crippen LogP contribution is -2.20. The van der Waals surface area contributed by atoms with Crippen molar-refractivity contribution < 1.29 is 9.53 Å². The average Bonchev–Trinajstić information content (AvgIpc) is 3.19. The summed E-state index contributed by atoms with van der Waals surface area (Å²) in [6.45, 7) is 3.72. The number of nitrogens with two attached hydrogens (primary N) is 1. The molecule has 0 saturated carbocycles. The van der Waals surface area contributed by atoms with Crippen LogP contribution in [-0.4, -0.2) is 32.7 Å². The molecule has 29 heavy (non-hydrogen) atoms. The second kappa shape index (κ2) is 7.59. The molecule has 0 fully saturated rings. The molecule has 146 valence electrons. The Morgan fingerprint density at radius 3 is 2.90 bits per heavy atom. The van der Waals surface area contributed by atoms with Gasteiger partial charge in [0.05, 0.1) is 17.2 Å². The Bertz CT molecular complexity index is 1240. The van der Waals surface area contributed by atoms with Crippen molar-refractivity contribution in [2.24, 2.45) is 5.73 Å². The number of carbonyl (C=O) groups is 1. The van der Waals surface area contributed by atoms with E-state index in [0.717, 1.165) is 33.1 Å². The topological polar surface area (TPSA) is 119 Å². The first-order valence-electron chi connectivity index (χ1n) is 9.10. The Morgan fingerprint density at radius 2 is 2.10 bits per heavy atom. The molecule has 0 aliphatic rings. The maximum absolute atomic E-state index is 11.0. The molecular weight excluding hydrogens is 368 g/mol. The van der Waals surface area contributed by atoms with Gasteiger partial charge in [0.2, 0.25) is 0 Å². The number of nitrogens with one attached hydrogen (secondary N) is 2. The van der Waals surface area contributed by atoms with Crippen LogP contribution in [0.2, 0.25) is 0 Å². The molecule has 0 bridgehead atoms. The average molecular weight is 388 g/mol. The fraction of sp³-hybridized carbons (Fsp3) is 0.143. The number of ether oxygens (including phenoxy) is 1. The number of H-pyrrole nitrogens is 1. The number of hydrogen-bond acceptors (Lipinski definition) is 6. The van der Waals surface area contributed by atoms with Crippen molar-refractivity contribution in [1.29, 1.82) is 0 Å². The van der Waals surface area contributed by atoms with Gasteiger partial charge >= 0.3 is 0 Å². The molecule has 0 aliphatic carbocycles. The zero-order chi connectivity index (χ0) is 20.4. The van der Waals surface area contributed by atoms with Crippen LogP contribution >= 0.6 is 0 Å². The van der Waals surface area contributed by atoms with E-state index < -0.39 is 5.91 Å². The fourth-order valence-electron chi connectivity index (χ4n) is 2.91. The number of fused-ring (bicyclic) bond motifs is 2. The summed E-state index contributed by atoms with van der Waals surface area (Å²) in [6, 6.07) is 11.3. The summed E-state index contributed by atoms with van der Waals surface area (Å²) in [6.07, 6.45) is 3.73. The highest BCUT2D eigenvalue weighted by Gasteiger charge is 2.12. The highest BCUT2D eigenvalue weighted by Crippen LogP contribution is 2.30. The van der Waals surface area contributed by atoms with E-state index in [-0.39, 0.29) is 6.61 Å². The Labute approximate surface area is 166 Å². The first kappa shape index (κ1) is 18.4. The van der Waals surface area contributed by atoms with E-state index in [1.54, 1.807) is 18.3 Å². The summed E-state index contributed by atoms with van der Waals surface area (Å²) in [7, 11) is 0. The van der Waals surface area contributed by atoms with Crippen LogP contribution in [0.4, 0.5) is 11.5 Å². The first-order valence-corrected chi connectivity index (χ1v) is 9.10. The van der Waals surface area contributed by atoms with Gasteiger partial charge in [-0.05, 0) is 55.8 Å². The van der Waals surface area contributed by atoms with Crippen molar-refractivity contribution in [3.05, 3.63) is 54.5 Å². The number of aromatic amines is 1. The van der Waals surface area contributed by atoms with Crippen molar-refractivity contribution in [3.63, 3.8) is 0 Å². The molecule has 8 nitrogen and oxygen atoms in total. The van der Waals surface area contributed by atoms with Gasteiger partial charge in [0.1, 0.15) is 11.6 Å². The normalized spacial score (nSPS) is 11.7. The number of benzene rings is 2. The van der Waals surface area contributed by atoms with Crippen LogP contribution in [0.5, 0.6) is 5.75 Å². The first-order chi connectivity index (χ1) is 14.0. The summed E-state index contributed by atoms with van der Waals surface area (Å²) in [5, 5.41) is 12.1. The van der Waals surface area contributed by atoms with Crippen LogP contribution in [-0.2, 0) is 4.79 Å². The van der Waals surface area contributed by atoms with Crippen molar-refractivity contribution in [1.82, 2.24) is 20.2 Å². The number of aromatic nitrogens is 4. The van der Waals surface area contributed by atoms with E-state index in [4.69, 9.17) is 15.5 Å². The number of allylic oxidation sites excluding steroid dienone is 2. The third-order valence-electron chi connectivity index (χ3n) is 4.54. The molecule has 0 aliphatic heterocycles. The molecule has 1 amide bonds. The second-order valence-electron chi connectivity index (χ2n) is 6.60. The molecule has 2 heterocycles. The molecule has 4 N–H and O–H groups in total. The third kappa shape index (κ3) is 3.86. The molecule has 4 rings (SSSR count). The number of amides is 1. The molecule has 0 radical (unpaired) electrons. The van der Waals surface area contributed by atoms with Gasteiger partial charge in [0, 0.05) is 16.5 Å². The van der Waals surface area contributed by atoms with Gasteiger partial charge in [-0.3, -0.25) is 9.89 Å². The number of nitrogens with zero attached hydrogens (tertiary/aromatic N) is 3. The fourth-order valence-corrected chi connectivity index (χ4v) is 2.91. The number of carbonyl (C=O) groups excluding carboxylic acids is 1. The summed E-state index contributed by atoms with van der Waals surface area (Å²) < 4.78 is 5.45. The lowest BCUT2D eigenvalue weighted by Gasteiger charge is -2.13. The van der Waals surface area contributed by atoms with Crippen LogP contribution < -0.4 is 15.8 Å². The zero-order valence-electron chi connectivity index (χ0n) is 16.1. The second-order valence-corrected chi connectivity index (χ2v) is 6.60. The highest BCUT2D eigenvalue weighted by molar-refractivity contribution is 5.94. The van der Waals surface area contributed by atoms with E-state index in [0.29, 0.717) is 17.4 Å². The molecule has 0 spiro atoms. The lowest BCUT2D eigenvalue weighted by molar-refractivity contribution is -0.119. The predicted molar refractivity (Wildman–Crippen MR) is 113 cm³/mol. The summed E-state index contributed by atoms with van der Waals surface area (Å²) in [4.78, 5) is 20.4. The highest BCUT2D eigenvalue weighted by atomic mass is 16.5. The van der Waals surface area contributed by atoms with Gasteiger partial charge in [-0.2, -0.15) is 5.10 Å².